The highest BCUT2D eigenvalue weighted by Crippen LogP contribution is 2.18. The molecule has 0 bridgehead atoms. The number of halogens is 3. The third-order valence-corrected chi connectivity index (χ3v) is 4.06. The Kier molecular flexibility index (Phi) is 6.86. The van der Waals surface area contributed by atoms with E-state index in [2.05, 4.69) is 15.5 Å². The van der Waals surface area contributed by atoms with E-state index in [1.165, 1.54) is 0 Å². The van der Waals surface area contributed by atoms with Gasteiger partial charge in [-0.05, 0) is 38.3 Å². The van der Waals surface area contributed by atoms with Crippen LogP contribution in [0.1, 0.15) is 19.3 Å². The van der Waals surface area contributed by atoms with Gasteiger partial charge in [0.1, 0.15) is 5.82 Å². The molecule has 0 aliphatic carbocycles. The van der Waals surface area contributed by atoms with Crippen LogP contribution in [0.3, 0.4) is 0 Å². The van der Waals surface area contributed by atoms with E-state index in [-0.39, 0.29) is 6.61 Å². The number of carbonyl (C=O) groups is 1. The molecule has 0 saturated carbocycles. The molecule has 134 valence electrons. The second-order valence-electron chi connectivity index (χ2n) is 5.97. The molecule has 1 heterocycles. The normalized spacial score (nSPS) is 18.4. The fourth-order valence-corrected chi connectivity index (χ4v) is 2.79. The monoisotopic (exact) mass is 345 g/mol. The SMILES string of the molecule is O=C(NCCCN1CCC[C@H](CO)C1)Nc1cc(F)c(F)cc1F. The number of piperidine rings is 1. The maximum Gasteiger partial charge on any atom is 0.319 e. The maximum atomic E-state index is 13.4. The molecule has 1 fully saturated rings. The van der Waals surface area contributed by atoms with Gasteiger partial charge in [0, 0.05) is 31.8 Å². The summed E-state index contributed by atoms with van der Waals surface area (Å²) < 4.78 is 39.3. The van der Waals surface area contributed by atoms with Crippen molar-refractivity contribution in [3.05, 3.63) is 29.6 Å². The molecule has 1 aromatic carbocycles. The van der Waals surface area contributed by atoms with Crippen LogP contribution in [0.2, 0.25) is 0 Å². The summed E-state index contributed by atoms with van der Waals surface area (Å²) in [7, 11) is 0. The molecule has 1 atom stereocenters. The van der Waals surface area contributed by atoms with Crippen molar-refractivity contribution in [1.82, 2.24) is 10.2 Å². The van der Waals surface area contributed by atoms with Gasteiger partial charge in [0.25, 0.3) is 0 Å². The molecule has 0 aromatic heterocycles. The molecule has 2 rings (SSSR count). The fourth-order valence-electron chi connectivity index (χ4n) is 2.79. The first-order chi connectivity index (χ1) is 11.5. The Bertz CT molecular complexity index is 572. The Morgan fingerprint density at radius 2 is 2.00 bits per heavy atom. The Balaban J connectivity index is 1.69. The summed E-state index contributed by atoms with van der Waals surface area (Å²) in [5.74, 6) is -3.25. The number of carbonyl (C=O) groups excluding carboxylic acids is 1. The number of amides is 2. The number of urea groups is 1. The van der Waals surface area contributed by atoms with E-state index < -0.39 is 29.2 Å². The Hall–Kier alpha value is -1.80. The molecule has 1 aliphatic heterocycles. The van der Waals surface area contributed by atoms with Gasteiger partial charge in [0.05, 0.1) is 5.69 Å². The maximum absolute atomic E-state index is 13.4. The smallest absolute Gasteiger partial charge is 0.319 e. The van der Waals surface area contributed by atoms with Gasteiger partial charge in [-0.2, -0.15) is 0 Å². The number of nitrogens with one attached hydrogen (secondary N) is 2. The van der Waals surface area contributed by atoms with Gasteiger partial charge in [-0.1, -0.05) is 0 Å². The summed E-state index contributed by atoms with van der Waals surface area (Å²) in [6, 6.07) is 0.318. The minimum absolute atomic E-state index is 0.191. The van der Waals surface area contributed by atoms with Crippen molar-refractivity contribution in [3.63, 3.8) is 0 Å². The predicted octanol–water partition coefficient (Wildman–Crippen LogP) is 2.32. The van der Waals surface area contributed by atoms with E-state index in [1.54, 1.807) is 0 Å². The number of aliphatic hydroxyl groups excluding tert-OH is 1. The summed E-state index contributed by atoms with van der Waals surface area (Å²) in [4.78, 5) is 13.9. The quantitative estimate of drug-likeness (QED) is 0.548. The second-order valence-corrected chi connectivity index (χ2v) is 5.97. The number of nitrogens with zero attached hydrogens (tertiary/aromatic N) is 1. The first-order valence-corrected chi connectivity index (χ1v) is 8.02. The van der Waals surface area contributed by atoms with Gasteiger partial charge >= 0.3 is 6.03 Å². The van der Waals surface area contributed by atoms with Gasteiger partial charge in [-0.15, -0.1) is 0 Å². The number of likely N-dealkylation sites (tertiary alicyclic amines) is 1. The van der Waals surface area contributed by atoms with Crippen LogP contribution in [0.5, 0.6) is 0 Å². The molecule has 0 unspecified atom stereocenters. The van der Waals surface area contributed by atoms with E-state index in [0.29, 0.717) is 31.0 Å². The number of aliphatic hydroxyl groups is 1. The van der Waals surface area contributed by atoms with Crippen LogP contribution in [0.15, 0.2) is 12.1 Å². The third kappa shape index (κ3) is 5.38. The highest BCUT2D eigenvalue weighted by molar-refractivity contribution is 5.89. The highest BCUT2D eigenvalue weighted by Gasteiger charge is 2.18. The van der Waals surface area contributed by atoms with Crippen LogP contribution < -0.4 is 10.6 Å². The van der Waals surface area contributed by atoms with Crippen molar-refractivity contribution in [1.29, 1.82) is 0 Å². The first kappa shape index (κ1) is 18.5. The van der Waals surface area contributed by atoms with Crippen molar-refractivity contribution in [2.75, 3.05) is 38.1 Å². The van der Waals surface area contributed by atoms with Gasteiger partial charge in [0.2, 0.25) is 0 Å². The van der Waals surface area contributed by atoms with Crippen LogP contribution in [0, 0.1) is 23.4 Å². The van der Waals surface area contributed by atoms with Crippen LogP contribution in [0.4, 0.5) is 23.7 Å². The van der Waals surface area contributed by atoms with Crippen LogP contribution in [-0.4, -0.2) is 48.8 Å². The molecule has 3 N–H and O–H groups in total. The molecule has 1 saturated heterocycles. The first-order valence-electron chi connectivity index (χ1n) is 8.02. The largest absolute Gasteiger partial charge is 0.396 e. The third-order valence-electron chi connectivity index (χ3n) is 4.06. The van der Waals surface area contributed by atoms with Crippen LogP contribution in [0.25, 0.3) is 0 Å². The predicted molar refractivity (Wildman–Crippen MR) is 84.2 cm³/mol. The van der Waals surface area contributed by atoms with E-state index >= 15 is 0 Å². The Morgan fingerprint density at radius 1 is 1.25 bits per heavy atom. The van der Waals surface area contributed by atoms with Gasteiger partial charge in [0.15, 0.2) is 11.6 Å². The minimum Gasteiger partial charge on any atom is -0.396 e. The van der Waals surface area contributed by atoms with Gasteiger partial charge in [-0.3, -0.25) is 0 Å². The molecule has 1 aromatic rings. The van der Waals surface area contributed by atoms with Crippen molar-refractivity contribution in [3.8, 4) is 0 Å². The molecular formula is C16H22F3N3O2. The lowest BCUT2D eigenvalue weighted by Crippen LogP contribution is -2.39. The number of hydrogen-bond acceptors (Lipinski definition) is 3. The Labute approximate surface area is 138 Å². The second kappa shape index (κ2) is 8.89. The van der Waals surface area contributed by atoms with Crippen LogP contribution in [-0.2, 0) is 0 Å². The minimum atomic E-state index is -1.30. The van der Waals surface area contributed by atoms with E-state index in [9.17, 15) is 23.1 Å². The lowest BCUT2D eigenvalue weighted by atomic mass is 9.99. The molecule has 0 spiro atoms. The molecule has 2 amide bonds. The van der Waals surface area contributed by atoms with Gasteiger partial charge < -0.3 is 20.6 Å². The van der Waals surface area contributed by atoms with E-state index in [0.717, 1.165) is 32.5 Å². The molecular weight excluding hydrogens is 323 g/mol. The zero-order chi connectivity index (χ0) is 17.5. The average Bonchev–Trinajstić information content (AvgIpc) is 2.57. The lowest BCUT2D eigenvalue weighted by Gasteiger charge is -2.31. The highest BCUT2D eigenvalue weighted by atomic mass is 19.2. The van der Waals surface area contributed by atoms with Crippen molar-refractivity contribution in [2.24, 2.45) is 5.92 Å². The molecule has 1 aliphatic rings. The van der Waals surface area contributed by atoms with E-state index in [4.69, 9.17) is 0 Å². The van der Waals surface area contributed by atoms with Crippen molar-refractivity contribution in [2.45, 2.75) is 19.3 Å². The zero-order valence-electron chi connectivity index (χ0n) is 13.3. The molecule has 0 radical (unpaired) electrons. The fraction of sp³-hybridized carbons (Fsp3) is 0.562. The topological polar surface area (TPSA) is 64.6 Å². The standard InChI is InChI=1S/C16H22F3N3O2/c17-12-7-14(19)15(8-13(12)18)21-16(24)20-4-2-6-22-5-1-3-11(9-22)10-23/h7-8,11,23H,1-6,9-10H2,(H2,20,21,24)/t11-/m0/s1. The molecule has 24 heavy (non-hydrogen) atoms. The summed E-state index contributed by atoms with van der Waals surface area (Å²) in [5, 5.41) is 13.9. The van der Waals surface area contributed by atoms with Gasteiger partial charge in [-0.25, -0.2) is 18.0 Å². The zero-order valence-corrected chi connectivity index (χ0v) is 13.3. The number of anilines is 1. The summed E-state index contributed by atoms with van der Waals surface area (Å²) in [6.45, 7) is 3.18. The number of rotatable bonds is 6. The number of hydrogen-bond donors (Lipinski definition) is 3. The van der Waals surface area contributed by atoms with Crippen LogP contribution >= 0.6 is 0 Å². The lowest BCUT2D eigenvalue weighted by molar-refractivity contribution is 0.120. The van der Waals surface area contributed by atoms with Crippen molar-refractivity contribution < 1.29 is 23.1 Å². The summed E-state index contributed by atoms with van der Waals surface area (Å²) in [5.41, 5.74) is -0.409. The molecule has 8 heteroatoms. The Morgan fingerprint density at radius 3 is 2.75 bits per heavy atom. The summed E-state index contributed by atoms with van der Waals surface area (Å²) in [6.07, 6.45) is 2.79. The van der Waals surface area contributed by atoms with Crippen molar-refractivity contribution >= 4 is 11.7 Å². The molecule has 5 nitrogen and oxygen atoms in total. The number of benzene rings is 1. The summed E-state index contributed by atoms with van der Waals surface area (Å²) >= 11 is 0. The van der Waals surface area contributed by atoms with E-state index in [1.807, 2.05) is 0 Å². The average molecular weight is 345 g/mol.